The Morgan fingerprint density at radius 3 is 2.33 bits per heavy atom. The Morgan fingerprint density at radius 2 is 1.89 bits per heavy atom. The minimum absolute atomic E-state index is 0.360. The lowest BCUT2D eigenvalue weighted by molar-refractivity contribution is -0.318. The predicted octanol–water partition coefficient (Wildman–Crippen LogP) is -1.50. The SMILES string of the molecule is CCC(C)(C#N)O[C@H]1O[C@@H](CO)[C@H](O)[C@@H](O)[C@@H]1O. The minimum atomic E-state index is -1.50. The third kappa shape index (κ3) is 2.98. The van der Waals surface area contributed by atoms with Crippen LogP contribution in [0.15, 0.2) is 0 Å². The zero-order valence-corrected chi connectivity index (χ0v) is 10.4. The van der Waals surface area contributed by atoms with E-state index >= 15 is 0 Å². The van der Waals surface area contributed by atoms with E-state index in [9.17, 15) is 15.3 Å². The van der Waals surface area contributed by atoms with Gasteiger partial charge in [-0.15, -0.1) is 0 Å². The molecule has 0 bridgehead atoms. The predicted molar refractivity (Wildman–Crippen MR) is 59.2 cm³/mol. The topological polar surface area (TPSA) is 123 Å². The van der Waals surface area contributed by atoms with Gasteiger partial charge in [0.1, 0.15) is 24.4 Å². The van der Waals surface area contributed by atoms with Crippen molar-refractivity contribution in [3.63, 3.8) is 0 Å². The van der Waals surface area contributed by atoms with Gasteiger partial charge in [0.15, 0.2) is 11.9 Å². The molecular formula is C11H19NO6. The quantitative estimate of drug-likeness (QED) is 0.485. The second-order valence-corrected chi connectivity index (χ2v) is 4.51. The van der Waals surface area contributed by atoms with Crippen LogP contribution in [0, 0.1) is 11.3 Å². The highest BCUT2D eigenvalue weighted by Gasteiger charge is 2.46. The van der Waals surface area contributed by atoms with Crippen molar-refractivity contribution >= 4 is 0 Å². The molecule has 0 aromatic carbocycles. The molecule has 1 aliphatic rings. The number of aliphatic hydroxyl groups excluding tert-OH is 4. The van der Waals surface area contributed by atoms with Crippen molar-refractivity contribution in [2.24, 2.45) is 0 Å². The first-order valence-electron chi connectivity index (χ1n) is 5.78. The van der Waals surface area contributed by atoms with E-state index in [4.69, 9.17) is 19.8 Å². The number of rotatable bonds is 4. The Hall–Kier alpha value is -0.750. The van der Waals surface area contributed by atoms with Gasteiger partial charge in [-0.2, -0.15) is 5.26 Å². The molecule has 0 saturated carbocycles. The van der Waals surface area contributed by atoms with E-state index in [1.54, 1.807) is 6.92 Å². The number of nitrogens with zero attached hydrogens (tertiary/aromatic N) is 1. The van der Waals surface area contributed by atoms with E-state index < -0.39 is 42.9 Å². The number of aliphatic hydroxyl groups is 4. The lowest BCUT2D eigenvalue weighted by Crippen LogP contribution is -2.60. The molecule has 1 heterocycles. The van der Waals surface area contributed by atoms with E-state index in [0.717, 1.165) is 0 Å². The maximum absolute atomic E-state index is 9.72. The van der Waals surface area contributed by atoms with Crippen molar-refractivity contribution in [2.75, 3.05) is 6.61 Å². The van der Waals surface area contributed by atoms with Gasteiger partial charge in [-0.25, -0.2) is 0 Å². The van der Waals surface area contributed by atoms with E-state index in [2.05, 4.69) is 0 Å². The summed E-state index contributed by atoms with van der Waals surface area (Å²) in [6, 6.07) is 1.93. The fraction of sp³-hybridized carbons (Fsp3) is 0.909. The molecule has 7 nitrogen and oxygen atoms in total. The van der Waals surface area contributed by atoms with Crippen molar-refractivity contribution in [3.05, 3.63) is 0 Å². The highest BCUT2D eigenvalue weighted by Crippen LogP contribution is 2.26. The molecule has 0 radical (unpaired) electrons. The summed E-state index contributed by atoms with van der Waals surface area (Å²) in [5.41, 5.74) is -1.17. The molecule has 4 N–H and O–H groups in total. The van der Waals surface area contributed by atoms with E-state index in [0.29, 0.717) is 6.42 Å². The standard InChI is InChI=1S/C11H19NO6/c1-3-11(2,5-12)18-10-9(16)8(15)7(14)6(4-13)17-10/h6-10,13-16H,3-4H2,1-2H3/t6-,7-,8+,9-,10+,11?/m0/s1. The van der Waals surface area contributed by atoms with Gasteiger partial charge < -0.3 is 29.9 Å². The molecule has 7 heteroatoms. The monoisotopic (exact) mass is 261 g/mol. The molecule has 1 aliphatic heterocycles. The summed E-state index contributed by atoms with van der Waals surface area (Å²) in [5, 5.41) is 46.8. The Bertz CT molecular complexity index is 317. The molecule has 18 heavy (non-hydrogen) atoms. The van der Waals surface area contributed by atoms with Crippen LogP contribution < -0.4 is 0 Å². The zero-order chi connectivity index (χ0) is 13.9. The Labute approximate surface area is 105 Å². The fourth-order valence-corrected chi connectivity index (χ4v) is 1.61. The molecule has 1 saturated heterocycles. The summed E-state index contributed by atoms with van der Waals surface area (Å²) in [6.07, 6.45) is -6.36. The largest absolute Gasteiger partial charge is 0.394 e. The van der Waals surface area contributed by atoms with Gasteiger partial charge in [-0.1, -0.05) is 6.92 Å². The van der Waals surface area contributed by atoms with Crippen LogP contribution in [0.25, 0.3) is 0 Å². The number of hydrogen-bond donors (Lipinski definition) is 4. The third-order valence-electron chi connectivity index (χ3n) is 3.14. The highest BCUT2D eigenvalue weighted by molar-refractivity contribution is 4.99. The number of hydrogen-bond acceptors (Lipinski definition) is 7. The second kappa shape index (κ2) is 5.93. The molecule has 0 aromatic heterocycles. The molecule has 0 aliphatic carbocycles. The Kier molecular flexibility index (Phi) is 5.04. The molecule has 6 atom stereocenters. The molecule has 104 valence electrons. The molecule has 0 spiro atoms. The van der Waals surface area contributed by atoms with Crippen LogP contribution in [0.2, 0.25) is 0 Å². The van der Waals surface area contributed by atoms with Gasteiger partial charge in [0.05, 0.1) is 12.7 Å². The van der Waals surface area contributed by atoms with Crippen molar-refractivity contribution in [3.8, 4) is 6.07 Å². The summed E-state index contributed by atoms with van der Waals surface area (Å²) < 4.78 is 10.5. The van der Waals surface area contributed by atoms with Gasteiger partial charge in [-0.3, -0.25) is 0 Å². The van der Waals surface area contributed by atoms with Crippen molar-refractivity contribution in [1.29, 1.82) is 5.26 Å². The maximum atomic E-state index is 9.72. The van der Waals surface area contributed by atoms with Crippen LogP contribution in [0.5, 0.6) is 0 Å². The summed E-state index contributed by atoms with van der Waals surface area (Å²) in [7, 11) is 0. The first kappa shape index (κ1) is 15.3. The van der Waals surface area contributed by atoms with E-state index in [-0.39, 0.29) is 0 Å². The maximum Gasteiger partial charge on any atom is 0.188 e. The van der Waals surface area contributed by atoms with Gasteiger partial charge in [0.25, 0.3) is 0 Å². The normalized spacial score (nSPS) is 39.9. The van der Waals surface area contributed by atoms with Gasteiger partial charge in [0.2, 0.25) is 0 Å². The van der Waals surface area contributed by atoms with Crippen LogP contribution in [-0.2, 0) is 9.47 Å². The van der Waals surface area contributed by atoms with Crippen LogP contribution in [0.1, 0.15) is 20.3 Å². The van der Waals surface area contributed by atoms with Crippen molar-refractivity contribution < 1.29 is 29.9 Å². The Morgan fingerprint density at radius 1 is 1.28 bits per heavy atom. The zero-order valence-electron chi connectivity index (χ0n) is 10.4. The van der Waals surface area contributed by atoms with Gasteiger partial charge >= 0.3 is 0 Å². The van der Waals surface area contributed by atoms with Crippen molar-refractivity contribution in [1.82, 2.24) is 0 Å². The fourth-order valence-electron chi connectivity index (χ4n) is 1.61. The average molecular weight is 261 g/mol. The molecule has 0 aromatic rings. The first-order valence-corrected chi connectivity index (χ1v) is 5.78. The van der Waals surface area contributed by atoms with Gasteiger partial charge in [0, 0.05) is 0 Å². The Balaban J connectivity index is 2.80. The first-order chi connectivity index (χ1) is 8.38. The van der Waals surface area contributed by atoms with E-state index in [1.165, 1.54) is 6.92 Å². The molecule has 1 rings (SSSR count). The third-order valence-corrected chi connectivity index (χ3v) is 3.14. The summed E-state index contributed by atoms with van der Waals surface area (Å²) in [5.74, 6) is 0. The number of nitriles is 1. The van der Waals surface area contributed by atoms with Gasteiger partial charge in [-0.05, 0) is 13.3 Å². The highest BCUT2D eigenvalue weighted by atomic mass is 16.7. The van der Waals surface area contributed by atoms with Crippen molar-refractivity contribution in [2.45, 2.75) is 56.6 Å². The number of ether oxygens (including phenoxy) is 2. The lowest BCUT2D eigenvalue weighted by Gasteiger charge is -2.41. The summed E-state index contributed by atoms with van der Waals surface area (Å²) >= 11 is 0. The molecule has 0 amide bonds. The second-order valence-electron chi connectivity index (χ2n) is 4.51. The van der Waals surface area contributed by atoms with Crippen LogP contribution in [0.4, 0.5) is 0 Å². The minimum Gasteiger partial charge on any atom is -0.394 e. The summed E-state index contributed by atoms with van der Waals surface area (Å²) in [4.78, 5) is 0. The molecule has 1 unspecified atom stereocenters. The lowest BCUT2D eigenvalue weighted by atomic mass is 9.98. The average Bonchev–Trinajstić information content (AvgIpc) is 2.39. The smallest absolute Gasteiger partial charge is 0.188 e. The van der Waals surface area contributed by atoms with Crippen LogP contribution in [-0.4, -0.2) is 63.3 Å². The van der Waals surface area contributed by atoms with Crippen LogP contribution in [0.3, 0.4) is 0 Å². The summed E-state index contributed by atoms with van der Waals surface area (Å²) in [6.45, 7) is 2.72. The van der Waals surface area contributed by atoms with Crippen LogP contribution >= 0.6 is 0 Å². The van der Waals surface area contributed by atoms with E-state index in [1.807, 2.05) is 6.07 Å². The molecular weight excluding hydrogens is 242 g/mol. The molecule has 1 fully saturated rings.